The summed E-state index contributed by atoms with van der Waals surface area (Å²) in [5, 5.41) is 0. The maximum absolute atomic E-state index is 13.6. The molecule has 0 amide bonds. The van der Waals surface area contributed by atoms with E-state index in [0.29, 0.717) is 25.6 Å². The molecule has 1 saturated carbocycles. The Morgan fingerprint density at radius 2 is 1.62 bits per heavy atom. The van der Waals surface area contributed by atoms with E-state index in [0.717, 1.165) is 25.9 Å². The molecule has 0 atom stereocenters. The Morgan fingerprint density at radius 1 is 0.958 bits per heavy atom. The van der Waals surface area contributed by atoms with Gasteiger partial charge in [0.25, 0.3) is 5.92 Å². The first kappa shape index (κ1) is 20.0. The zero-order chi connectivity index (χ0) is 17.8. The molecule has 142 valence electrons. The van der Waals surface area contributed by atoms with E-state index in [9.17, 15) is 8.78 Å². The number of nitrogens with zero attached hydrogens (tertiary/aromatic N) is 1. The third-order valence-corrected chi connectivity index (χ3v) is 4.76. The zero-order valence-corrected chi connectivity index (χ0v) is 15.5. The van der Waals surface area contributed by atoms with Gasteiger partial charge in [-0.2, -0.15) is 0 Å². The van der Waals surface area contributed by atoms with Gasteiger partial charge in [0.05, 0.1) is 12.2 Å². The molecule has 0 bridgehead atoms. The van der Waals surface area contributed by atoms with Gasteiger partial charge in [-0.3, -0.25) is 4.90 Å². The summed E-state index contributed by atoms with van der Waals surface area (Å²) < 4.78 is 43.2. The number of halogens is 2. The van der Waals surface area contributed by atoms with Crippen LogP contribution in [0.3, 0.4) is 0 Å². The largest absolute Gasteiger partial charge is 0.375 e. The Morgan fingerprint density at radius 3 is 2.21 bits per heavy atom. The molecule has 24 heavy (non-hydrogen) atoms. The van der Waals surface area contributed by atoms with Crippen molar-refractivity contribution < 1.29 is 23.0 Å². The van der Waals surface area contributed by atoms with Crippen LogP contribution in [-0.4, -0.2) is 68.1 Å². The highest BCUT2D eigenvalue weighted by Crippen LogP contribution is 2.30. The van der Waals surface area contributed by atoms with Crippen LogP contribution < -0.4 is 0 Å². The van der Waals surface area contributed by atoms with Gasteiger partial charge >= 0.3 is 0 Å². The summed E-state index contributed by atoms with van der Waals surface area (Å²) in [5.74, 6) is -2.30. The van der Waals surface area contributed by atoms with Gasteiger partial charge in [0.15, 0.2) is 0 Å². The molecular formula is C18H33F2NO3. The highest BCUT2D eigenvalue weighted by atomic mass is 19.3. The minimum absolute atomic E-state index is 0.00872. The molecule has 0 radical (unpaired) electrons. The maximum Gasteiger partial charge on any atom is 0.293 e. The van der Waals surface area contributed by atoms with Crippen molar-refractivity contribution in [1.82, 2.24) is 4.90 Å². The molecule has 1 heterocycles. The van der Waals surface area contributed by atoms with Gasteiger partial charge in [-0.25, -0.2) is 8.78 Å². The quantitative estimate of drug-likeness (QED) is 0.566. The molecule has 0 aromatic rings. The van der Waals surface area contributed by atoms with Crippen molar-refractivity contribution in [3.8, 4) is 0 Å². The summed E-state index contributed by atoms with van der Waals surface area (Å²) in [6, 6.07) is 0. The molecule has 0 N–H and O–H groups in total. The van der Waals surface area contributed by atoms with E-state index < -0.39 is 19.1 Å². The molecule has 0 spiro atoms. The summed E-state index contributed by atoms with van der Waals surface area (Å²) in [5.41, 5.74) is 0.189. The number of alkyl halides is 2. The number of rotatable bonds is 10. The summed E-state index contributed by atoms with van der Waals surface area (Å²) in [6.07, 6.45) is 2.70. The van der Waals surface area contributed by atoms with Gasteiger partial charge in [-0.15, -0.1) is 0 Å². The predicted octanol–water partition coefficient (Wildman–Crippen LogP) is 3.34. The molecule has 1 aliphatic heterocycles. The molecule has 0 unspecified atom stereocenters. The fourth-order valence-corrected chi connectivity index (χ4v) is 2.97. The predicted molar refractivity (Wildman–Crippen MR) is 89.6 cm³/mol. The van der Waals surface area contributed by atoms with Gasteiger partial charge in [-0.1, -0.05) is 6.92 Å². The first-order valence-electron chi connectivity index (χ1n) is 9.09. The van der Waals surface area contributed by atoms with Crippen LogP contribution >= 0.6 is 0 Å². The zero-order valence-electron chi connectivity index (χ0n) is 15.5. The Labute approximate surface area is 144 Å². The van der Waals surface area contributed by atoms with E-state index >= 15 is 0 Å². The van der Waals surface area contributed by atoms with E-state index in [1.165, 1.54) is 0 Å². The van der Waals surface area contributed by atoms with Gasteiger partial charge in [0.2, 0.25) is 0 Å². The second-order valence-electron chi connectivity index (χ2n) is 8.34. The van der Waals surface area contributed by atoms with Crippen LogP contribution in [0.5, 0.6) is 0 Å². The molecule has 0 aromatic heterocycles. The molecule has 2 aliphatic rings. The molecule has 2 fully saturated rings. The highest BCUT2D eigenvalue weighted by Gasteiger charge is 2.35. The molecule has 6 heteroatoms. The van der Waals surface area contributed by atoms with E-state index in [2.05, 4.69) is 32.6 Å². The summed E-state index contributed by atoms with van der Waals surface area (Å²) in [4.78, 5) is 2.36. The highest BCUT2D eigenvalue weighted by molar-refractivity contribution is 4.89. The minimum atomic E-state index is -2.90. The van der Waals surface area contributed by atoms with E-state index in [-0.39, 0.29) is 17.7 Å². The second-order valence-corrected chi connectivity index (χ2v) is 8.34. The number of hydrogen-bond donors (Lipinski definition) is 0. The van der Waals surface area contributed by atoms with Crippen molar-refractivity contribution in [3.05, 3.63) is 0 Å². The molecular weight excluding hydrogens is 316 g/mol. The van der Waals surface area contributed by atoms with Crippen molar-refractivity contribution in [2.45, 2.75) is 70.6 Å². The molecule has 2 rings (SSSR count). The lowest BCUT2D eigenvalue weighted by atomic mass is 9.84. The van der Waals surface area contributed by atoms with Crippen molar-refractivity contribution in [2.75, 3.05) is 39.5 Å². The van der Waals surface area contributed by atoms with E-state index in [1.54, 1.807) is 0 Å². The molecule has 4 nitrogen and oxygen atoms in total. The monoisotopic (exact) mass is 349 g/mol. The normalized spacial score (nSPS) is 26.2. The van der Waals surface area contributed by atoms with Crippen molar-refractivity contribution in [3.63, 3.8) is 0 Å². The van der Waals surface area contributed by atoms with E-state index in [4.69, 9.17) is 14.2 Å². The third-order valence-electron chi connectivity index (χ3n) is 4.76. The average molecular weight is 349 g/mol. The summed E-state index contributed by atoms with van der Waals surface area (Å²) in [6.45, 7) is 10.3. The number of ether oxygens (including phenoxy) is 3. The first-order valence-corrected chi connectivity index (χ1v) is 9.09. The third kappa shape index (κ3) is 6.54. The van der Waals surface area contributed by atoms with Gasteiger partial charge in [0.1, 0.15) is 13.2 Å². The van der Waals surface area contributed by atoms with Crippen LogP contribution in [0.2, 0.25) is 0 Å². The van der Waals surface area contributed by atoms with Crippen LogP contribution in [0, 0.1) is 5.92 Å². The lowest BCUT2D eigenvalue weighted by molar-refractivity contribution is -0.154. The number of likely N-dealkylation sites (tertiary alicyclic amines) is 1. The summed E-state index contributed by atoms with van der Waals surface area (Å²) in [7, 11) is 0. The molecule has 0 aromatic carbocycles. The van der Waals surface area contributed by atoms with Crippen LogP contribution in [0.15, 0.2) is 0 Å². The van der Waals surface area contributed by atoms with Gasteiger partial charge < -0.3 is 14.2 Å². The van der Waals surface area contributed by atoms with Gasteiger partial charge in [0, 0.05) is 31.8 Å². The SMILES string of the molecule is CC1CC(OCC(F)(F)COCCCOC2CN(C(C)(C)C)C2)C1. The van der Waals surface area contributed by atoms with Crippen molar-refractivity contribution in [1.29, 1.82) is 0 Å². The van der Waals surface area contributed by atoms with Crippen LogP contribution in [-0.2, 0) is 14.2 Å². The molecule has 1 saturated heterocycles. The first-order chi connectivity index (χ1) is 11.2. The van der Waals surface area contributed by atoms with E-state index in [1.807, 2.05) is 0 Å². The second kappa shape index (κ2) is 8.39. The molecule has 1 aliphatic carbocycles. The lowest BCUT2D eigenvalue weighted by Gasteiger charge is -2.47. The number of hydrogen-bond acceptors (Lipinski definition) is 4. The Balaban J connectivity index is 1.42. The van der Waals surface area contributed by atoms with Gasteiger partial charge in [-0.05, 0) is 46.0 Å². The smallest absolute Gasteiger partial charge is 0.293 e. The summed E-state index contributed by atoms with van der Waals surface area (Å²) >= 11 is 0. The minimum Gasteiger partial charge on any atom is -0.375 e. The Hall–Kier alpha value is -0.300. The topological polar surface area (TPSA) is 30.9 Å². The van der Waals surface area contributed by atoms with Crippen LogP contribution in [0.4, 0.5) is 8.78 Å². The fourth-order valence-electron chi connectivity index (χ4n) is 2.97. The maximum atomic E-state index is 13.6. The van der Waals surface area contributed by atoms with Crippen LogP contribution in [0.1, 0.15) is 47.0 Å². The van der Waals surface area contributed by atoms with Crippen molar-refractivity contribution >= 4 is 0 Å². The Bertz CT molecular complexity index is 375. The van der Waals surface area contributed by atoms with Crippen molar-refractivity contribution in [2.24, 2.45) is 5.92 Å². The lowest BCUT2D eigenvalue weighted by Crippen LogP contribution is -2.59. The fraction of sp³-hybridized carbons (Fsp3) is 1.00. The standard InChI is InChI=1S/C18H33F2NO3/c1-14-8-15(9-14)24-13-18(19,20)12-22-6-5-7-23-16-10-21(11-16)17(2,3)4/h14-16H,5-13H2,1-4H3. The Kier molecular flexibility index (Phi) is 7.00. The average Bonchev–Trinajstić information content (AvgIpc) is 2.37. The van der Waals surface area contributed by atoms with Crippen LogP contribution in [0.25, 0.3) is 0 Å².